The van der Waals surface area contributed by atoms with Crippen LogP contribution in [-0.4, -0.2) is 42.4 Å². The fraction of sp³-hybridized carbons (Fsp3) is 0.435. The lowest BCUT2D eigenvalue weighted by Crippen LogP contribution is -2.40. The van der Waals surface area contributed by atoms with Crippen LogP contribution in [0.4, 0.5) is 0 Å². The van der Waals surface area contributed by atoms with E-state index in [0.29, 0.717) is 24.3 Å². The van der Waals surface area contributed by atoms with Crippen molar-refractivity contribution in [2.75, 3.05) is 20.7 Å². The number of carbonyl (C=O) groups is 2. The zero-order valence-electron chi connectivity index (χ0n) is 16.9. The van der Waals surface area contributed by atoms with Crippen LogP contribution in [-0.2, 0) is 4.79 Å². The maximum absolute atomic E-state index is 13.0. The van der Waals surface area contributed by atoms with E-state index in [2.05, 4.69) is 10.3 Å². The number of benzene rings is 1. The standard InChI is InChI=1S/C23H27N3O3/c1-26(2)23(28)20(17-6-4-3-5-7-17)25-21(27)19-13-12-18(16-10-11-16)22(24-19)29-14-15-8-9-15/h3-7,12-13,15-16,20H,8-11,14H2,1-2H3,(H,25,27)/t20-/m0/s1. The van der Waals surface area contributed by atoms with Crippen LogP contribution in [0.15, 0.2) is 42.5 Å². The van der Waals surface area contributed by atoms with Crippen molar-refractivity contribution in [2.24, 2.45) is 5.92 Å². The summed E-state index contributed by atoms with van der Waals surface area (Å²) in [5.41, 5.74) is 2.10. The summed E-state index contributed by atoms with van der Waals surface area (Å²) in [7, 11) is 3.36. The highest BCUT2D eigenvalue weighted by Crippen LogP contribution is 2.44. The van der Waals surface area contributed by atoms with Crippen LogP contribution in [0.25, 0.3) is 0 Å². The molecule has 2 saturated carbocycles. The van der Waals surface area contributed by atoms with Crippen molar-refractivity contribution in [3.05, 3.63) is 59.3 Å². The van der Waals surface area contributed by atoms with Crippen LogP contribution in [0.1, 0.15) is 59.3 Å². The first-order chi connectivity index (χ1) is 14.0. The molecule has 29 heavy (non-hydrogen) atoms. The molecule has 1 atom stereocenters. The van der Waals surface area contributed by atoms with Crippen molar-refractivity contribution in [3.8, 4) is 5.88 Å². The van der Waals surface area contributed by atoms with Crippen LogP contribution >= 0.6 is 0 Å². The summed E-state index contributed by atoms with van der Waals surface area (Å²) in [6.07, 6.45) is 4.68. The number of nitrogens with one attached hydrogen (secondary N) is 1. The smallest absolute Gasteiger partial charge is 0.270 e. The molecule has 2 aliphatic carbocycles. The number of rotatable bonds is 8. The Hall–Kier alpha value is -2.89. The number of hydrogen-bond acceptors (Lipinski definition) is 4. The van der Waals surface area contributed by atoms with Crippen LogP contribution < -0.4 is 10.1 Å². The topological polar surface area (TPSA) is 71.5 Å². The molecule has 1 heterocycles. The van der Waals surface area contributed by atoms with Crippen molar-refractivity contribution in [3.63, 3.8) is 0 Å². The Morgan fingerprint density at radius 2 is 1.83 bits per heavy atom. The summed E-state index contributed by atoms with van der Waals surface area (Å²) in [4.78, 5) is 31.6. The Kier molecular flexibility index (Phi) is 5.51. The first kappa shape index (κ1) is 19.4. The second-order valence-electron chi connectivity index (χ2n) is 8.17. The van der Waals surface area contributed by atoms with Gasteiger partial charge < -0.3 is 15.0 Å². The number of amides is 2. The molecular formula is C23H27N3O3. The van der Waals surface area contributed by atoms with E-state index in [-0.39, 0.29) is 17.5 Å². The van der Waals surface area contributed by atoms with Gasteiger partial charge in [0.1, 0.15) is 11.7 Å². The van der Waals surface area contributed by atoms with E-state index in [9.17, 15) is 9.59 Å². The summed E-state index contributed by atoms with van der Waals surface area (Å²) >= 11 is 0. The number of aromatic nitrogens is 1. The fourth-order valence-corrected chi connectivity index (χ4v) is 3.28. The second kappa shape index (κ2) is 8.23. The van der Waals surface area contributed by atoms with Gasteiger partial charge in [-0.2, -0.15) is 0 Å². The molecule has 2 aliphatic rings. The SMILES string of the molecule is CN(C)C(=O)[C@@H](NC(=O)c1ccc(C2CC2)c(OCC2CC2)n1)c1ccccc1. The summed E-state index contributed by atoms with van der Waals surface area (Å²) in [6.45, 7) is 0.656. The first-order valence-electron chi connectivity index (χ1n) is 10.2. The number of carbonyl (C=O) groups excluding carboxylic acids is 2. The van der Waals surface area contributed by atoms with Gasteiger partial charge >= 0.3 is 0 Å². The van der Waals surface area contributed by atoms with Gasteiger partial charge in [-0.15, -0.1) is 0 Å². The molecule has 0 spiro atoms. The van der Waals surface area contributed by atoms with Gasteiger partial charge in [-0.1, -0.05) is 36.4 Å². The normalized spacial score (nSPS) is 16.8. The lowest BCUT2D eigenvalue weighted by Gasteiger charge is -2.22. The molecular weight excluding hydrogens is 366 g/mol. The number of nitrogens with zero attached hydrogens (tertiary/aromatic N) is 2. The molecule has 0 unspecified atom stereocenters. The van der Waals surface area contributed by atoms with Crippen molar-refractivity contribution < 1.29 is 14.3 Å². The third-order valence-electron chi connectivity index (χ3n) is 5.39. The van der Waals surface area contributed by atoms with E-state index in [1.807, 2.05) is 36.4 Å². The molecule has 1 aromatic carbocycles. The maximum atomic E-state index is 13.0. The van der Waals surface area contributed by atoms with E-state index in [1.165, 1.54) is 17.7 Å². The van der Waals surface area contributed by atoms with Gasteiger partial charge in [0.2, 0.25) is 11.8 Å². The van der Waals surface area contributed by atoms with Crippen molar-refractivity contribution >= 4 is 11.8 Å². The van der Waals surface area contributed by atoms with Crippen molar-refractivity contribution in [1.29, 1.82) is 0 Å². The minimum Gasteiger partial charge on any atom is -0.477 e. The highest BCUT2D eigenvalue weighted by atomic mass is 16.5. The van der Waals surface area contributed by atoms with Crippen LogP contribution in [0.5, 0.6) is 5.88 Å². The van der Waals surface area contributed by atoms with Crippen LogP contribution in [0, 0.1) is 5.92 Å². The van der Waals surface area contributed by atoms with Gasteiger partial charge in [-0.3, -0.25) is 9.59 Å². The molecule has 2 fully saturated rings. The van der Waals surface area contributed by atoms with Gasteiger partial charge in [0, 0.05) is 19.7 Å². The minimum absolute atomic E-state index is 0.190. The highest BCUT2D eigenvalue weighted by molar-refractivity contribution is 5.96. The maximum Gasteiger partial charge on any atom is 0.270 e. The average molecular weight is 393 g/mol. The second-order valence-corrected chi connectivity index (χ2v) is 8.17. The number of ether oxygens (including phenoxy) is 1. The average Bonchev–Trinajstić information content (AvgIpc) is 3.64. The molecule has 0 bridgehead atoms. The van der Waals surface area contributed by atoms with Gasteiger partial charge in [-0.05, 0) is 49.1 Å². The van der Waals surface area contributed by atoms with Crippen LogP contribution in [0.3, 0.4) is 0 Å². The largest absolute Gasteiger partial charge is 0.477 e. The van der Waals surface area contributed by atoms with Gasteiger partial charge in [-0.25, -0.2) is 4.98 Å². The van der Waals surface area contributed by atoms with Gasteiger partial charge in [0.15, 0.2) is 0 Å². The Balaban J connectivity index is 1.55. The van der Waals surface area contributed by atoms with E-state index < -0.39 is 6.04 Å². The summed E-state index contributed by atoms with van der Waals surface area (Å²) < 4.78 is 5.96. The first-order valence-corrected chi connectivity index (χ1v) is 10.2. The predicted molar refractivity (Wildman–Crippen MR) is 110 cm³/mol. The molecule has 1 aromatic heterocycles. The molecule has 6 nitrogen and oxygen atoms in total. The third kappa shape index (κ3) is 4.75. The molecule has 0 saturated heterocycles. The Bertz CT molecular complexity index is 889. The molecule has 152 valence electrons. The Morgan fingerprint density at radius 1 is 1.10 bits per heavy atom. The highest BCUT2D eigenvalue weighted by Gasteiger charge is 2.31. The zero-order chi connectivity index (χ0) is 20.4. The zero-order valence-corrected chi connectivity index (χ0v) is 16.9. The number of pyridine rings is 1. The molecule has 4 rings (SSSR count). The van der Waals surface area contributed by atoms with Crippen molar-refractivity contribution in [1.82, 2.24) is 15.2 Å². The number of likely N-dealkylation sites (N-methyl/N-ethyl adjacent to an activating group) is 1. The lowest BCUT2D eigenvalue weighted by atomic mass is 10.1. The molecule has 1 N–H and O–H groups in total. The lowest BCUT2D eigenvalue weighted by molar-refractivity contribution is -0.130. The van der Waals surface area contributed by atoms with E-state index >= 15 is 0 Å². The molecule has 2 aromatic rings. The minimum atomic E-state index is -0.764. The Morgan fingerprint density at radius 3 is 2.45 bits per heavy atom. The van der Waals surface area contributed by atoms with E-state index in [1.54, 1.807) is 20.2 Å². The fourth-order valence-electron chi connectivity index (χ4n) is 3.28. The number of hydrogen-bond donors (Lipinski definition) is 1. The van der Waals surface area contributed by atoms with E-state index in [4.69, 9.17) is 4.74 Å². The van der Waals surface area contributed by atoms with E-state index in [0.717, 1.165) is 24.0 Å². The summed E-state index contributed by atoms with van der Waals surface area (Å²) in [5, 5.41) is 2.85. The summed E-state index contributed by atoms with van der Waals surface area (Å²) in [6, 6.07) is 12.2. The van der Waals surface area contributed by atoms with Crippen LogP contribution in [0.2, 0.25) is 0 Å². The monoisotopic (exact) mass is 393 g/mol. The molecule has 6 heteroatoms. The van der Waals surface area contributed by atoms with Gasteiger partial charge in [0.05, 0.1) is 6.61 Å². The predicted octanol–water partition coefficient (Wildman–Crippen LogP) is 3.31. The summed E-state index contributed by atoms with van der Waals surface area (Å²) in [5.74, 6) is 1.10. The Labute approximate surface area is 171 Å². The van der Waals surface area contributed by atoms with Crippen molar-refractivity contribution in [2.45, 2.75) is 37.6 Å². The quantitative estimate of drug-likeness (QED) is 0.747. The van der Waals surface area contributed by atoms with Gasteiger partial charge in [0.25, 0.3) is 5.91 Å². The molecule has 0 radical (unpaired) electrons. The molecule has 0 aliphatic heterocycles. The molecule has 2 amide bonds. The third-order valence-corrected chi connectivity index (χ3v) is 5.39.